The van der Waals surface area contributed by atoms with Crippen LogP contribution in [0, 0.1) is 6.92 Å². The predicted molar refractivity (Wildman–Crippen MR) is 103 cm³/mol. The molecule has 2 aromatic carbocycles. The first kappa shape index (κ1) is 18.3. The third-order valence-electron chi connectivity index (χ3n) is 3.83. The molecule has 138 valence electrons. The van der Waals surface area contributed by atoms with Gasteiger partial charge in [-0.2, -0.15) is 5.10 Å². The quantitative estimate of drug-likeness (QED) is 0.537. The minimum atomic E-state index is -0.231. The molecule has 27 heavy (non-hydrogen) atoms. The van der Waals surface area contributed by atoms with Crippen LogP contribution in [0.1, 0.15) is 23.9 Å². The minimum Gasteiger partial charge on any atom is -0.493 e. The Bertz CT molecular complexity index is 1000. The summed E-state index contributed by atoms with van der Waals surface area (Å²) in [6.45, 7) is 3.59. The number of carbonyl (C=O) groups is 1. The number of hydrogen-bond acceptors (Lipinski definition) is 6. The van der Waals surface area contributed by atoms with Gasteiger partial charge in [0, 0.05) is 6.92 Å². The predicted octanol–water partition coefficient (Wildman–Crippen LogP) is 3.00. The second-order valence-corrected chi connectivity index (χ2v) is 5.87. The van der Waals surface area contributed by atoms with Gasteiger partial charge in [-0.05, 0) is 42.8 Å². The topological polar surface area (TPSA) is 85.7 Å². The van der Waals surface area contributed by atoms with E-state index in [0.29, 0.717) is 11.5 Å². The van der Waals surface area contributed by atoms with Crippen molar-refractivity contribution in [2.75, 3.05) is 7.11 Å². The maximum Gasteiger partial charge on any atom is 0.236 e. The summed E-state index contributed by atoms with van der Waals surface area (Å²) in [4.78, 5) is 20.1. The number of hydrogen-bond donors (Lipinski definition) is 1. The molecule has 1 amide bonds. The molecule has 0 radical (unpaired) electrons. The number of benzene rings is 2. The van der Waals surface area contributed by atoms with Gasteiger partial charge < -0.3 is 9.47 Å². The first-order chi connectivity index (χ1) is 13.1. The van der Waals surface area contributed by atoms with E-state index in [-0.39, 0.29) is 12.5 Å². The summed E-state index contributed by atoms with van der Waals surface area (Å²) >= 11 is 0. The van der Waals surface area contributed by atoms with Gasteiger partial charge >= 0.3 is 0 Å². The van der Waals surface area contributed by atoms with Gasteiger partial charge in [0.15, 0.2) is 11.5 Å². The number of para-hydroxylation sites is 2. The van der Waals surface area contributed by atoms with E-state index in [2.05, 4.69) is 20.5 Å². The van der Waals surface area contributed by atoms with Crippen LogP contribution in [0.2, 0.25) is 0 Å². The Morgan fingerprint density at radius 3 is 2.59 bits per heavy atom. The Labute approximate surface area is 157 Å². The molecule has 0 spiro atoms. The Hall–Kier alpha value is -3.48. The molecule has 7 nitrogen and oxygen atoms in total. The highest BCUT2D eigenvalue weighted by Gasteiger charge is 2.09. The fraction of sp³-hybridized carbons (Fsp3) is 0.200. The number of nitrogens with one attached hydrogen (secondary N) is 1. The zero-order valence-electron chi connectivity index (χ0n) is 15.4. The zero-order valence-corrected chi connectivity index (χ0v) is 15.4. The summed E-state index contributed by atoms with van der Waals surface area (Å²) in [5.41, 5.74) is 6.42. The van der Waals surface area contributed by atoms with Gasteiger partial charge in [0.2, 0.25) is 5.91 Å². The first-order valence-electron chi connectivity index (χ1n) is 8.39. The number of ether oxygens (including phenoxy) is 2. The first-order valence-corrected chi connectivity index (χ1v) is 8.39. The number of carbonyl (C=O) groups excluding carboxylic acids is 1. The molecule has 3 rings (SSSR count). The lowest BCUT2D eigenvalue weighted by molar-refractivity contribution is -0.118. The summed E-state index contributed by atoms with van der Waals surface area (Å²) in [6.07, 6.45) is 1.53. The van der Waals surface area contributed by atoms with E-state index in [1.54, 1.807) is 19.2 Å². The number of methoxy groups -OCH3 is 1. The fourth-order valence-corrected chi connectivity index (χ4v) is 2.49. The van der Waals surface area contributed by atoms with Crippen molar-refractivity contribution in [2.45, 2.75) is 20.5 Å². The number of hydrazone groups is 1. The molecule has 0 aliphatic heterocycles. The lowest BCUT2D eigenvalue weighted by Gasteiger charge is -2.12. The molecular weight excluding hydrogens is 344 g/mol. The van der Waals surface area contributed by atoms with Crippen LogP contribution in [-0.4, -0.2) is 29.2 Å². The van der Waals surface area contributed by atoms with Gasteiger partial charge in [-0.3, -0.25) is 4.79 Å². The van der Waals surface area contributed by atoms with Gasteiger partial charge in [-0.25, -0.2) is 15.4 Å². The van der Waals surface area contributed by atoms with Crippen molar-refractivity contribution in [3.05, 3.63) is 59.4 Å². The maximum absolute atomic E-state index is 10.9. The van der Waals surface area contributed by atoms with Crippen molar-refractivity contribution in [3.63, 3.8) is 0 Å². The number of aryl methyl sites for hydroxylation is 1. The van der Waals surface area contributed by atoms with Gasteiger partial charge in [-0.15, -0.1) is 0 Å². The van der Waals surface area contributed by atoms with E-state index in [1.165, 1.54) is 13.1 Å². The number of aromatic nitrogens is 2. The number of nitrogens with zero attached hydrogens (tertiary/aromatic N) is 3. The molecule has 0 saturated heterocycles. The molecule has 0 saturated carbocycles. The van der Waals surface area contributed by atoms with E-state index in [1.807, 2.05) is 37.3 Å². The van der Waals surface area contributed by atoms with Crippen LogP contribution in [0.15, 0.2) is 47.6 Å². The maximum atomic E-state index is 10.9. The summed E-state index contributed by atoms with van der Waals surface area (Å²) in [7, 11) is 1.57. The van der Waals surface area contributed by atoms with Crippen LogP contribution in [0.5, 0.6) is 11.5 Å². The highest BCUT2D eigenvalue weighted by molar-refractivity contribution is 5.82. The average molecular weight is 364 g/mol. The molecule has 0 aliphatic rings. The monoisotopic (exact) mass is 364 g/mol. The van der Waals surface area contributed by atoms with Crippen molar-refractivity contribution in [1.82, 2.24) is 15.4 Å². The standard InChI is InChI=1S/C20H20N4O3/c1-13-18(23-17-7-5-4-6-16(17)22-13)12-27-19-9-8-15(10-20(19)26-3)11-21-24-14(2)25/h4-11H,12H2,1-3H3,(H,24,25)/b21-11-. The second kappa shape index (κ2) is 8.27. The Morgan fingerprint density at radius 1 is 1.15 bits per heavy atom. The summed E-state index contributed by atoms with van der Waals surface area (Å²) in [5.74, 6) is 0.918. The second-order valence-electron chi connectivity index (χ2n) is 5.87. The number of fused-ring (bicyclic) bond motifs is 1. The normalized spacial score (nSPS) is 10.9. The third kappa shape index (κ3) is 4.58. The average Bonchev–Trinajstić information content (AvgIpc) is 2.66. The van der Waals surface area contributed by atoms with Crippen LogP contribution >= 0.6 is 0 Å². The molecule has 0 fully saturated rings. The van der Waals surface area contributed by atoms with E-state index in [0.717, 1.165) is 28.0 Å². The Morgan fingerprint density at radius 2 is 1.89 bits per heavy atom. The fourth-order valence-electron chi connectivity index (χ4n) is 2.49. The van der Waals surface area contributed by atoms with Crippen molar-refractivity contribution in [2.24, 2.45) is 5.10 Å². The molecule has 1 heterocycles. The van der Waals surface area contributed by atoms with Gasteiger partial charge in [0.05, 0.1) is 35.7 Å². The molecule has 7 heteroatoms. The van der Waals surface area contributed by atoms with Gasteiger partial charge in [0.1, 0.15) is 6.61 Å². The molecule has 1 N–H and O–H groups in total. The molecular formula is C20H20N4O3. The van der Waals surface area contributed by atoms with E-state index in [9.17, 15) is 4.79 Å². The Kier molecular flexibility index (Phi) is 5.61. The third-order valence-corrected chi connectivity index (χ3v) is 3.83. The van der Waals surface area contributed by atoms with Gasteiger partial charge in [-0.1, -0.05) is 12.1 Å². The largest absolute Gasteiger partial charge is 0.493 e. The molecule has 0 bridgehead atoms. The van der Waals surface area contributed by atoms with Crippen molar-refractivity contribution < 1.29 is 14.3 Å². The van der Waals surface area contributed by atoms with E-state index in [4.69, 9.17) is 9.47 Å². The zero-order chi connectivity index (χ0) is 19.2. The highest BCUT2D eigenvalue weighted by Crippen LogP contribution is 2.28. The lowest BCUT2D eigenvalue weighted by Crippen LogP contribution is -2.12. The van der Waals surface area contributed by atoms with Crippen molar-refractivity contribution >= 4 is 23.2 Å². The molecule has 3 aromatic rings. The molecule has 0 atom stereocenters. The molecule has 0 aliphatic carbocycles. The van der Waals surface area contributed by atoms with Crippen LogP contribution in [0.4, 0.5) is 0 Å². The van der Waals surface area contributed by atoms with Crippen LogP contribution in [0.3, 0.4) is 0 Å². The smallest absolute Gasteiger partial charge is 0.236 e. The minimum absolute atomic E-state index is 0.231. The molecule has 1 aromatic heterocycles. The summed E-state index contributed by atoms with van der Waals surface area (Å²) < 4.78 is 11.3. The number of rotatable bonds is 6. The van der Waals surface area contributed by atoms with E-state index >= 15 is 0 Å². The summed E-state index contributed by atoms with van der Waals surface area (Å²) in [6, 6.07) is 13.1. The van der Waals surface area contributed by atoms with Crippen molar-refractivity contribution in [3.8, 4) is 11.5 Å². The van der Waals surface area contributed by atoms with Gasteiger partial charge in [0.25, 0.3) is 0 Å². The van der Waals surface area contributed by atoms with Crippen LogP contribution < -0.4 is 14.9 Å². The SMILES string of the molecule is COc1cc(/C=N\NC(C)=O)ccc1OCc1nc2ccccc2nc1C. The van der Waals surface area contributed by atoms with Crippen LogP contribution in [-0.2, 0) is 11.4 Å². The lowest BCUT2D eigenvalue weighted by atomic mass is 10.2. The highest BCUT2D eigenvalue weighted by atomic mass is 16.5. The Balaban J connectivity index is 1.76. The van der Waals surface area contributed by atoms with Crippen LogP contribution in [0.25, 0.3) is 11.0 Å². The summed E-state index contributed by atoms with van der Waals surface area (Å²) in [5, 5.41) is 3.84. The van der Waals surface area contributed by atoms with Crippen molar-refractivity contribution in [1.29, 1.82) is 0 Å². The van der Waals surface area contributed by atoms with E-state index < -0.39 is 0 Å². The molecule has 0 unspecified atom stereocenters. The number of amides is 1.